The Hall–Kier alpha value is -3.06. The zero-order chi connectivity index (χ0) is 23.6. The molecule has 0 spiro atoms. The number of hydrogen-bond donors (Lipinski definition) is 2. The molecular weight excluding hydrogens is 432 g/mol. The van der Waals surface area contributed by atoms with Crippen LogP contribution in [-0.4, -0.2) is 28.1 Å². The monoisotopic (exact) mass is 464 g/mol. The van der Waals surface area contributed by atoms with Crippen LogP contribution in [0.2, 0.25) is 0 Å². The number of benzene rings is 2. The van der Waals surface area contributed by atoms with Crippen LogP contribution >= 0.6 is 11.3 Å². The van der Waals surface area contributed by atoms with E-state index in [4.69, 9.17) is 0 Å². The summed E-state index contributed by atoms with van der Waals surface area (Å²) in [4.78, 5) is 26.1. The lowest BCUT2D eigenvalue weighted by molar-refractivity contribution is -0.129. The van der Waals surface area contributed by atoms with Crippen LogP contribution in [0.1, 0.15) is 50.7 Å². The Bertz CT molecular complexity index is 1030. The van der Waals surface area contributed by atoms with E-state index in [0.717, 1.165) is 41.8 Å². The number of nitrogens with one attached hydrogen (secondary N) is 2. The Morgan fingerprint density at radius 1 is 0.970 bits per heavy atom. The van der Waals surface area contributed by atoms with Crippen LogP contribution in [0.5, 0.6) is 0 Å². The lowest BCUT2D eigenvalue weighted by Gasteiger charge is -2.21. The lowest BCUT2D eigenvalue weighted by atomic mass is 9.97. The predicted octanol–water partition coefficient (Wildman–Crippen LogP) is 5.40. The van der Waals surface area contributed by atoms with Gasteiger partial charge in [0.15, 0.2) is 0 Å². The van der Waals surface area contributed by atoms with Crippen molar-refractivity contribution < 1.29 is 9.59 Å². The van der Waals surface area contributed by atoms with E-state index in [2.05, 4.69) is 27.8 Å². The molecular formula is C26H32N4O2S. The molecule has 3 rings (SSSR count). The van der Waals surface area contributed by atoms with Crippen molar-refractivity contribution in [2.24, 2.45) is 5.92 Å². The third-order valence-corrected chi connectivity index (χ3v) is 6.53. The highest BCUT2D eigenvalue weighted by Gasteiger charge is 2.26. The average molecular weight is 465 g/mol. The zero-order valence-electron chi connectivity index (χ0n) is 19.5. The second-order valence-corrected chi connectivity index (χ2v) is 9.24. The first-order chi connectivity index (χ1) is 16.0. The minimum atomic E-state index is -0.692. The Kier molecular flexibility index (Phi) is 9.13. The topological polar surface area (TPSA) is 84.0 Å². The fourth-order valence-electron chi connectivity index (χ4n) is 3.60. The molecule has 1 heterocycles. The van der Waals surface area contributed by atoms with E-state index in [-0.39, 0.29) is 17.7 Å². The van der Waals surface area contributed by atoms with E-state index in [9.17, 15) is 9.59 Å². The fraction of sp³-hybridized carbons (Fsp3) is 0.385. The second-order valence-electron chi connectivity index (χ2n) is 8.27. The number of anilines is 1. The van der Waals surface area contributed by atoms with Crippen molar-refractivity contribution >= 4 is 28.3 Å². The van der Waals surface area contributed by atoms with Crippen LogP contribution in [0.25, 0.3) is 10.6 Å². The minimum absolute atomic E-state index is 0.0698. The number of hydrogen-bond acceptors (Lipinski definition) is 5. The number of amides is 2. The van der Waals surface area contributed by atoms with Crippen molar-refractivity contribution in [2.75, 3.05) is 5.32 Å². The molecule has 0 saturated heterocycles. The average Bonchev–Trinajstić information content (AvgIpc) is 3.28. The molecule has 0 radical (unpaired) electrons. The van der Waals surface area contributed by atoms with E-state index in [1.165, 1.54) is 16.9 Å². The summed E-state index contributed by atoms with van der Waals surface area (Å²) in [6.07, 6.45) is 4.02. The molecule has 0 aliphatic heterocycles. The summed E-state index contributed by atoms with van der Waals surface area (Å²) in [5, 5.41) is 15.4. The van der Waals surface area contributed by atoms with Crippen LogP contribution < -0.4 is 10.6 Å². The van der Waals surface area contributed by atoms with E-state index < -0.39 is 6.04 Å². The Morgan fingerprint density at radius 3 is 2.36 bits per heavy atom. The number of aryl methyl sites for hydroxylation is 1. The Morgan fingerprint density at radius 2 is 1.70 bits per heavy atom. The van der Waals surface area contributed by atoms with E-state index in [1.807, 2.05) is 68.4 Å². The van der Waals surface area contributed by atoms with Crippen molar-refractivity contribution in [3.8, 4) is 10.6 Å². The van der Waals surface area contributed by atoms with Gasteiger partial charge in [-0.15, -0.1) is 10.2 Å². The highest BCUT2D eigenvalue weighted by Crippen LogP contribution is 2.26. The quantitative estimate of drug-likeness (QED) is 0.398. The van der Waals surface area contributed by atoms with Crippen molar-refractivity contribution in [2.45, 2.75) is 58.9 Å². The largest absolute Gasteiger partial charge is 0.344 e. The summed E-state index contributed by atoms with van der Waals surface area (Å²) in [7, 11) is 0. The van der Waals surface area contributed by atoms with E-state index in [0.29, 0.717) is 11.6 Å². The SMILES string of the molecule is CCCC[C@H](CC)C(=O)N[C@H](Cc1ccccc1)C(=O)Nc1nnc(-c2ccc(C)cc2)s1. The summed E-state index contributed by atoms with van der Waals surface area (Å²) in [6.45, 7) is 6.16. The summed E-state index contributed by atoms with van der Waals surface area (Å²) in [5.41, 5.74) is 3.10. The zero-order valence-corrected chi connectivity index (χ0v) is 20.3. The number of carbonyl (C=O) groups excluding carboxylic acids is 2. The van der Waals surface area contributed by atoms with Gasteiger partial charge in [-0.1, -0.05) is 98.2 Å². The smallest absolute Gasteiger partial charge is 0.249 e. The fourth-order valence-corrected chi connectivity index (χ4v) is 4.35. The number of aromatic nitrogens is 2. The molecule has 0 saturated carbocycles. The maximum atomic E-state index is 13.2. The molecule has 0 aliphatic rings. The molecule has 0 unspecified atom stereocenters. The normalized spacial score (nSPS) is 12.7. The van der Waals surface area contributed by atoms with Gasteiger partial charge < -0.3 is 5.32 Å². The van der Waals surface area contributed by atoms with Gasteiger partial charge >= 0.3 is 0 Å². The van der Waals surface area contributed by atoms with Crippen LogP contribution in [0, 0.1) is 12.8 Å². The molecule has 2 atom stereocenters. The van der Waals surface area contributed by atoms with Gasteiger partial charge in [0.2, 0.25) is 16.9 Å². The maximum Gasteiger partial charge on any atom is 0.249 e. The molecule has 174 valence electrons. The summed E-state index contributed by atoms with van der Waals surface area (Å²) >= 11 is 1.32. The van der Waals surface area contributed by atoms with Gasteiger partial charge in [0.25, 0.3) is 0 Å². The van der Waals surface area contributed by atoms with Gasteiger partial charge in [-0.05, 0) is 25.3 Å². The number of carbonyl (C=O) groups is 2. The molecule has 3 aromatic rings. The van der Waals surface area contributed by atoms with E-state index >= 15 is 0 Å². The van der Waals surface area contributed by atoms with E-state index in [1.54, 1.807) is 0 Å². The summed E-state index contributed by atoms with van der Waals surface area (Å²) in [6, 6.07) is 17.0. The molecule has 33 heavy (non-hydrogen) atoms. The van der Waals surface area contributed by atoms with Crippen LogP contribution in [0.15, 0.2) is 54.6 Å². The summed E-state index contributed by atoms with van der Waals surface area (Å²) < 4.78 is 0. The first kappa shape index (κ1) is 24.6. The van der Waals surface area contributed by atoms with Crippen molar-refractivity contribution in [3.05, 3.63) is 65.7 Å². The maximum absolute atomic E-state index is 13.2. The van der Waals surface area contributed by atoms with Gasteiger partial charge in [0.1, 0.15) is 11.0 Å². The van der Waals surface area contributed by atoms with Crippen LogP contribution in [0.4, 0.5) is 5.13 Å². The van der Waals surface area contributed by atoms with Gasteiger partial charge in [-0.2, -0.15) is 0 Å². The molecule has 0 bridgehead atoms. The van der Waals surface area contributed by atoms with Crippen molar-refractivity contribution in [1.29, 1.82) is 0 Å². The van der Waals surface area contributed by atoms with Crippen molar-refractivity contribution in [1.82, 2.24) is 15.5 Å². The van der Waals surface area contributed by atoms with Gasteiger partial charge in [0.05, 0.1) is 0 Å². The number of nitrogens with zero attached hydrogens (tertiary/aromatic N) is 2. The molecule has 6 nitrogen and oxygen atoms in total. The minimum Gasteiger partial charge on any atom is -0.344 e. The van der Waals surface area contributed by atoms with Gasteiger partial charge in [-0.25, -0.2) is 0 Å². The molecule has 2 aromatic carbocycles. The third kappa shape index (κ3) is 7.22. The highest BCUT2D eigenvalue weighted by atomic mass is 32.1. The highest BCUT2D eigenvalue weighted by molar-refractivity contribution is 7.18. The van der Waals surface area contributed by atoms with Crippen LogP contribution in [0.3, 0.4) is 0 Å². The molecule has 2 amide bonds. The van der Waals surface area contributed by atoms with Crippen LogP contribution in [-0.2, 0) is 16.0 Å². The summed E-state index contributed by atoms with van der Waals surface area (Å²) in [5.74, 6) is -0.450. The number of rotatable bonds is 11. The predicted molar refractivity (Wildman–Crippen MR) is 134 cm³/mol. The first-order valence-corrected chi connectivity index (χ1v) is 12.4. The molecule has 7 heteroatoms. The molecule has 2 N–H and O–H groups in total. The molecule has 0 aliphatic carbocycles. The Labute approximate surface area is 199 Å². The van der Waals surface area contributed by atoms with Gasteiger partial charge in [0, 0.05) is 17.9 Å². The first-order valence-electron chi connectivity index (χ1n) is 11.6. The third-order valence-electron chi connectivity index (χ3n) is 5.64. The van der Waals surface area contributed by atoms with Crippen molar-refractivity contribution in [3.63, 3.8) is 0 Å². The standard InChI is InChI=1S/C26H32N4O2S/c1-4-6-12-20(5-2)23(31)27-22(17-19-10-8-7-9-11-19)24(32)28-26-30-29-25(33-26)21-15-13-18(3)14-16-21/h7-11,13-16,20,22H,4-6,12,17H2,1-3H3,(H,27,31)(H,28,30,32)/t20-,22+/m0/s1. The Balaban J connectivity index is 1.73. The number of unbranched alkanes of at least 4 members (excludes halogenated alkanes) is 1. The van der Waals surface area contributed by atoms with Gasteiger partial charge in [-0.3, -0.25) is 14.9 Å². The molecule has 0 fully saturated rings. The molecule has 1 aromatic heterocycles. The lowest BCUT2D eigenvalue weighted by Crippen LogP contribution is -2.47. The second kappa shape index (κ2) is 12.3.